The third kappa shape index (κ3) is 5.56. The molecule has 3 atom stereocenters. The highest BCUT2D eigenvalue weighted by Gasteiger charge is 2.22. The predicted octanol–water partition coefficient (Wildman–Crippen LogP) is 4.07. The number of amides is 1. The largest absolute Gasteiger partial charge is 0.350 e. The number of carbonyl (C=O) groups is 1. The van der Waals surface area contributed by atoms with Gasteiger partial charge in [0.2, 0.25) is 5.91 Å². The van der Waals surface area contributed by atoms with Gasteiger partial charge in [0.15, 0.2) is 0 Å². The fraction of sp³-hybridized carbons (Fsp3) is 0.588. The molecule has 5 heteroatoms. The summed E-state index contributed by atoms with van der Waals surface area (Å²) in [6.07, 6.45) is 3.08. The van der Waals surface area contributed by atoms with E-state index in [0.717, 1.165) is 23.1 Å². The number of benzene rings is 1. The Morgan fingerprint density at radius 1 is 1.41 bits per heavy atom. The van der Waals surface area contributed by atoms with E-state index in [1.807, 2.05) is 31.2 Å². The van der Waals surface area contributed by atoms with E-state index in [2.05, 4.69) is 33.5 Å². The first-order valence-electron chi connectivity index (χ1n) is 7.82. The van der Waals surface area contributed by atoms with Crippen molar-refractivity contribution in [2.24, 2.45) is 11.8 Å². The summed E-state index contributed by atoms with van der Waals surface area (Å²) >= 11 is 3.54. The van der Waals surface area contributed by atoms with Crippen molar-refractivity contribution >= 4 is 34.2 Å². The Bertz CT molecular complexity index is 477. The van der Waals surface area contributed by atoms with E-state index in [1.165, 1.54) is 12.8 Å². The van der Waals surface area contributed by atoms with Crippen LogP contribution < -0.4 is 10.6 Å². The van der Waals surface area contributed by atoms with E-state index in [9.17, 15) is 4.79 Å². The van der Waals surface area contributed by atoms with Crippen molar-refractivity contribution in [2.45, 2.75) is 39.2 Å². The van der Waals surface area contributed by atoms with Crippen LogP contribution in [0, 0.1) is 11.8 Å². The SMILES string of the molecule is CC(NC(=O)CC(C)C1CCCNC1)c1ccccc1Br.Cl. The lowest BCUT2D eigenvalue weighted by atomic mass is 9.85. The smallest absolute Gasteiger partial charge is 0.220 e. The zero-order chi connectivity index (χ0) is 15.2. The molecule has 1 amide bonds. The lowest BCUT2D eigenvalue weighted by molar-refractivity contribution is -0.123. The fourth-order valence-corrected chi connectivity index (χ4v) is 3.66. The van der Waals surface area contributed by atoms with Crippen molar-refractivity contribution in [1.82, 2.24) is 10.6 Å². The van der Waals surface area contributed by atoms with Gasteiger partial charge in [-0.05, 0) is 56.3 Å². The van der Waals surface area contributed by atoms with Crippen molar-refractivity contribution in [1.29, 1.82) is 0 Å². The van der Waals surface area contributed by atoms with Gasteiger partial charge in [-0.1, -0.05) is 41.1 Å². The van der Waals surface area contributed by atoms with E-state index in [-0.39, 0.29) is 24.4 Å². The first kappa shape index (κ1) is 19.5. The second kappa shape index (κ2) is 9.53. The molecule has 0 spiro atoms. The van der Waals surface area contributed by atoms with Gasteiger partial charge in [0, 0.05) is 10.9 Å². The maximum absolute atomic E-state index is 12.2. The van der Waals surface area contributed by atoms with Gasteiger partial charge >= 0.3 is 0 Å². The first-order chi connectivity index (χ1) is 10.1. The molecule has 0 radical (unpaired) electrons. The summed E-state index contributed by atoms with van der Waals surface area (Å²) in [7, 11) is 0. The summed E-state index contributed by atoms with van der Waals surface area (Å²) in [5.74, 6) is 1.21. The van der Waals surface area contributed by atoms with Crippen LogP contribution >= 0.6 is 28.3 Å². The van der Waals surface area contributed by atoms with Gasteiger partial charge in [-0.15, -0.1) is 12.4 Å². The summed E-state index contributed by atoms with van der Waals surface area (Å²) in [4.78, 5) is 12.2. The molecule has 1 fully saturated rings. The zero-order valence-corrected chi connectivity index (χ0v) is 15.7. The van der Waals surface area contributed by atoms with Crippen molar-refractivity contribution in [3.05, 3.63) is 34.3 Å². The third-order valence-electron chi connectivity index (χ3n) is 4.40. The second-order valence-electron chi connectivity index (χ2n) is 6.10. The number of hydrogen-bond donors (Lipinski definition) is 2. The Morgan fingerprint density at radius 2 is 2.14 bits per heavy atom. The predicted molar refractivity (Wildman–Crippen MR) is 97.3 cm³/mol. The maximum Gasteiger partial charge on any atom is 0.220 e. The van der Waals surface area contributed by atoms with Crippen LogP contribution in [0.25, 0.3) is 0 Å². The highest BCUT2D eigenvalue weighted by molar-refractivity contribution is 9.10. The van der Waals surface area contributed by atoms with Crippen LogP contribution in [0.5, 0.6) is 0 Å². The monoisotopic (exact) mass is 388 g/mol. The summed E-state index contributed by atoms with van der Waals surface area (Å²) in [5, 5.41) is 6.54. The second-order valence-corrected chi connectivity index (χ2v) is 6.95. The Morgan fingerprint density at radius 3 is 2.77 bits per heavy atom. The van der Waals surface area contributed by atoms with Gasteiger partial charge < -0.3 is 10.6 Å². The molecule has 124 valence electrons. The molecule has 22 heavy (non-hydrogen) atoms. The quantitative estimate of drug-likeness (QED) is 0.797. The van der Waals surface area contributed by atoms with Gasteiger partial charge in [0.25, 0.3) is 0 Å². The number of rotatable bonds is 5. The van der Waals surface area contributed by atoms with Gasteiger partial charge in [0.05, 0.1) is 6.04 Å². The molecule has 3 unspecified atom stereocenters. The van der Waals surface area contributed by atoms with Crippen LogP contribution in [0.1, 0.15) is 44.7 Å². The lowest BCUT2D eigenvalue weighted by Crippen LogP contribution is -2.36. The van der Waals surface area contributed by atoms with Crippen molar-refractivity contribution < 1.29 is 4.79 Å². The fourth-order valence-electron chi connectivity index (χ4n) is 3.03. The van der Waals surface area contributed by atoms with Crippen molar-refractivity contribution in [3.8, 4) is 0 Å². The number of halogens is 2. The molecule has 1 aliphatic rings. The summed E-state index contributed by atoms with van der Waals surface area (Å²) in [5.41, 5.74) is 1.12. The van der Waals surface area contributed by atoms with Crippen LogP contribution in [0.3, 0.4) is 0 Å². The maximum atomic E-state index is 12.2. The average Bonchev–Trinajstić information content (AvgIpc) is 2.48. The minimum absolute atomic E-state index is 0. The van der Waals surface area contributed by atoms with Gasteiger partial charge in [-0.3, -0.25) is 4.79 Å². The normalized spacial score (nSPS) is 20.6. The molecule has 2 rings (SSSR count). The Kier molecular flexibility index (Phi) is 8.44. The lowest BCUT2D eigenvalue weighted by Gasteiger charge is -2.28. The molecule has 3 nitrogen and oxygen atoms in total. The number of nitrogens with one attached hydrogen (secondary N) is 2. The molecule has 0 saturated carbocycles. The van der Waals surface area contributed by atoms with Gasteiger partial charge in [-0.2, -0.15) is 0 Å². The van der Waals surface area contributed by atoms with Crippen molar-refractivity contribution in [3.63, 3.8) is 0 Å². The molecule has 1 saturated heterocycles. The van der Waals surface area contributed by atoms with Gasteiger partial charge in [-0.25, -0.2) is 0 Å². The van der Waals surface area contributed by atoms with E-state index in [4.69, 9.17) is 0 Å². The molecule has 2 N–H and O–H groups in total. The van der Waals surface area contributed by atoms with E-state index in [0.29, 0.717) is 18.3 Å². The summed E-state index contributed by atoms with van der Waals surface area (Å²) < 4.78 is 1.04. The zero-order valence-electron chi connectivity index (χ0n) is 13.3. The van der Waals surface area contributed by atoms with Crippen LogP contribution in [0.4, 0.5) is 0 Å². The minimum atomic E-state index is 0. The van der Waals surface area contributed by atoms with Crippen LogP contribution in [0.2, 0.25) is 0 Å². The first-order valence-corrected chi connectivity index (χ1v) is 8.61. The minimum Gasteiger partial charge on any atom is -0.350 e. The van der Waals surface area contributed by atoms with E-state index < -0.39 is 0 Å². The van der Waals surface area contributed by atoms with Crippen molar-refractivity contribution in [2.75, 3.05) is 13.1 Å². The third-order valence-corrected chi connectivity index (χ3v) is 5.12. The van der Waals surface area contributed by atoms with Crippen LogP contribution in [-0.2, 0) is 4.79 Å². The van der Waals surface area contributed by atoms with E-state index >= 15 is 0 Å². The molecular weight excluding hydrogens is 364 g/mol. The van der Waals surface area contributed by atoms with Gasteiger partial charge in [0.1, 0.15) is 0 Å². The molecule has 1 aromatic rings. The number of carbonyl (C=O) groups excluding carboxylic acids is 1. The number of piperidine rings is 1. The molecule has 0 aliphatic carbocycles. The Balaban J connectivity index is 0.00000242. The Hall–Kier alpha value is -0.580. The molecule has 0 aromatic heterocycles. The summed E-state index contributed by atoms with van der Waals surface area (Å²) in [6.45, 7) is 6.40. The molecule has 0 bridgehead atoms. The highest BCUT2D eigenvalue weighted by atomic mass is 79.9. The molecule has 1 heterocycles. The number of hydrogen-bond acceptors (Lipinski definition) is 2. The Labute approximate surface area is 148 Å². The summed E-state index contributed by atoms with van der Waals surface area (Å²) in [6, 6.07) is 8.07. The average molecular weight is 390 g/mol. The van der Waals surface area contributed by atoms with E-state index in [1.54, 1.807) is 0 Å². The highest BCUT2D eigenvalue weighted by Crippen LogP contribution is 2.25. The molecule has 1 aromatic carbocycles. The standard InChI is InChI=1S/C17H25BrN2O.ClH/c1-12(14-6-5-9-19-11-14)10-17(21)20-13(2)15-7-3-4-8-16(15)18;/h3-4,7-8,12-14,19H,5-6,9-11H2,1-2H3,(H,20,21);1H. The van der Waals surface area contributed by atoms with Crippen LogP contribution in [-0.4, -0.2) is 19.0 Å². The van der Waals surface area contributed by atoms with Crippen LogP contribution in [0.15, 0.2) is 28.7 Å². The molecular formula is C17H26BrClN2O. The topological polar surface area (TPSA) is 41.1 Å². The molecule has 1 aliphatic heterocycles.